The fraction of sp³-hybridized carbons (Fsp3) is 0.278. The fourth-order valence-corrected chi connectivity index (χ4v) is 3.60. The highest BCUT2D eigenvalue weighted by atomic mass is 32.1. The van der Waals surface area contributed by atoms with E-state index in [9.17, 15) is 4.79 Å². The summed E-state index contributed by atoms with van der Waals surface area (Å²) < 4.78 is 5.82. The summed E-state index contributed by atoms with van der Waals surface area (Å²) in [6, 6.07) is 9.59. The number of aromatic nitrogens is 2. The second-order valence-electron chi connectivity index (χ2n) is 5.80. The Bertz CT molecular complexity index is 854. The lowest BCUT2D eigenvalue weighted by atomic mass is 10.1. The van der Waals surface area contributed by atoms with Gasteiger partial charge in [-0.05, 0) is 42.0 Å². The van der Waals surface area contributed by atoms with E-state index >= 15 is 0 Å². The van der Waals surface area contributed by atoms with Crippen molar-refractivity contribution in [3.8, 4) is 5.88 Å². The van der Waals surface area contributed by atoms with Gasteiger partial charge in [0.25, 0.3) is 5.91 Å². The van der Waals surface area contributed by atoms with E-state index in [-0.39, 0.29) is 5.91 Å². The molecule has 3 heterocycles. The van der Waals surface area contributed by atoms with Crippen molar-refractivity contribution in [3.05, 3.63) is 53.2 Å². The Hall–Kier alpha value is -2.47. The highest BCUT2D eigenvalue weighted by molar-refractivity contribution is 7.16. The molecule has 0 radical (unpaired) electrons. The molecule has 1 aliphatic rings. The summed E-state index contributed by atoms with van der Waals surface area (Å²) in [6.45, 7) is 2.16. The molecular weight excluding hydrogens is 322 g/mol. The Morgan fingerprint density at radius 1 is 1.12 bits per heavy atom. The lowest BCUT2D eigenvalue weighted by Crippen LogP contribution is -2.27. The van der Waals surface area contributed by atoms with Crippen molar-refractivity contribution in [2.24, 2.45) is 0 Å². The highest BCUT2D eigenvalue weighted by Crippen LogP contribution is 2.26. The molecule has 0 spiro atoms. The maximum atomic E-state index is 12.3. The number of ether oxygens (including phenoxy) is 1. The van der Waals surface area contributed by atoms with E-state index in [2.05, 4.69) is 9.97 Å². The molecule has 0 bridgehead atoms. The van der Waals surface area contributed by atoms with Gasteiger partial charge in [0, 0.05) is 18.7 Å². The molecule has 6 heteroatoms. The van der Waals surface area contributed by atoms with E-state index in [1.54, 1.807) is 11.3 Å². The van der Waals surface area contributed by atoms with E-state index in [0.29, 0.717) is 12.5 Å². The molecule has 0 unspecified atom stereocenters. The number of hydrogen-bond acceptors (Lipinski definition) is 5. The molecule has 122 valence electrons. The van der Waals surface area contributed by atoms with E-state index in [4.69, 9.17) is 4.74 Å². The molecule has 1 aromatic carbocycles. The van der Waals surface area contributed by atoms with Crippen LogP contribution in [0.5, 0.6) is 5.88 Å². The first kappa shape index (κ1) is 15.1. The standard InChI is InChI=1S/C18H17N3O2S/c22-18(21-8-1-2-9-21)14-5-3-13(4-6-14)11-23-16-15-7-10-24-17(15)20-12-19-16/h3-7,10,12H,1-2,8-9,11H2. The molecule has 24 heavy (non-hydrogen) atoms. The minimum Gasteiger partial charge on any atom is -0.472 e. The molecule has 1 saturated heterocycles. The minimum absolute atomic E-state index is 0.121. The second-order valence-corrected chi connectivity index (χ2v) is 6.70. The van der Waals surface area contributed by atoms with Gasteiger partial charge >= 0.3 is 0 Å². The molecule has 3 aromatic rings. The zero-order chi connectivity index (χ0) is 16.4. The third kappa shape index (κ3) is 2.97. The molecule has 1 aliphatic heterocycles. The van der Waals surface area contributed by atoms with Crippen molar-refractivity contribution in [2.75, 3.05) is 13.1 Å². The van der Waals surface area contributed by atoms with Gasteiger partial charge in [0.1, 0.15) is 17.8 Å². The van der Waals surface area contributed by atoms with Crippen molar-refractivity contribution in [1.82, 2.24) is 14.9 Å². The lowest BCUT2D eigenvalue weighted by Gasteiger charge is -2.15. The molecule has 1 amide bonds. The number of rotatable bonds is 4. The highest BCUT2D eigenvalue weighted by Gasteiger charge is 2.19. The van der Waals surface area contributed by atoms with Crippen LogP contribution in [0.3, 0.4) is 0 Å². The predicted octanol–water partition coefficient (Wildman–Crippen LogP) is 3.51. The minimum atomic E-state index is 0.121. The van der Waals surface area contributed by atoms with Crippen molar-refractivity contribution in [2.45, 2.75) is 19.4 Å². The van der Waals surface area contributed by atoms with Crippen LogP contribution in [0.25, 0.3) is 10.2 Å². The lowest BCUT2D eigenvalue weighted by molar-refractivity contribution is 0.0793. The SMILES string of the molecule is O=C(c1ccc(COc2ncnc3sccc23)cc1)N1CCCC1. The third-order valence-electron chi connectivity index (χ3n) is 4.19. The number of nitrogens with zero attached hydrogens (tertiary/aromatic N) is 3. The number of hydrogen-bond donors (Lipinski definition) is 0. The summed E-state index contributed by atoms with van der Waals surface area (Å²) in [5.41, 5.74) is 1.75. The van der Waals surface area contributed by atoms with Crippen LogP contribution in [-0.4, -0.2) is 33.9 Å². The van der Waals surface area contributed by atoms with Crippen molar-refractivity contribution in [3.63, 3.8) is 0 Å². The van der Waals surface area contributed by atoms with Gasteiger partial charge < -0.3 is 9.64 Å². The van der Waals surface area contributed by atoms with Crippen LogP contribution in [0.15, 0.2) is 42.0 Å². The number of likely N-dealkylation sites (tertiary alicyclic amines) is 1. The average Bonchev–Trinajstić information content (AvgIpc) is 3.31. The van der Waals surface area contributed by atoms with E-state index in [1.165, 1.54) is 6.33 Å². The first-order valence-corrected chi connectivity index (χ1v) is 8.88. The zero-order valence-electron chi connectivity index (χ0n) is 13.1. The number of benzene rings is 1. The van der Waals surface area contributed by atoms with Crippen molar-refractivity contribution >= 4 is 27.5 Å². The fourth-order valence-electron chi connectivity index (χ4n) is 2.88. The summed E-state index contributed by atoms with van der Waals surface area (Å²) in [5.74, 6) is 0.717. The van der Waals surface area contributed by atoms with E-state index in [0.717, 1.165) is 47.3 Å². The largest absolute Gasteiger partial charge is 0.472 e. The Kier molecular flexibility index (Phi) is 4.13. The molecule has 0 saturated carbocycles. The van der Waals surface area contributed by atoms with Gasteiger partial charge in [-0.1, -0.05) is 12.1 Å². The Morgan fingerprint density at radius 3 is 2.71 bits per heavy atom. The smallest absolute Gasteiger partial charge is 0.253 e. The first-order chi connectivity index (χ1) is 11.8. The van der Waals surface area contributed by atoms with Gasteiger partial charge in [0.15, 0.2) is 0 Å². The summed E-state index contributed by atoms with van der Waals surface area (Å²) >= 11 is 1.57. The second kappa shape index (κ2) is 6.57. The maximum absolute atomic E-state index is 12.3. The molecule has 2 aromatic heterocycles. The summed E-state index contributed by atoms with van der Waals surface area (Å²) in [7, 11) is 0. The number of amides is 1. The molecule has 0 aliphatic carbocycles. The van der Waals surface area contributed by atoms with Crippen LogP contribution in [-0.2, 0) is 6.61 Å². The predicted molar refractivity (Wildman–Crippen MR) is 93.3 cm³/mol. The first-order valence-electron chi connectivity index (χ1n) is 8.00. The van der Waals surface area contributed by atoms with Crippen molar-refractivity contribution in [1.29, 1.82) is 0 Å². The number of carbonyl (C=O) groups excluding carboxylic acids is 1. The molecule has 1 fully saturated rings. The van der Waals surface area contributed by atoms with Crippen LogP contribution in [0.2, 0.25) is 0 Å². The molecule has 0 N–H and O–H groups in total. The summed E-state index contributed by atoms with van der Waals surface area (Å²) in [6.07, 6.45) is 3.73. The van der Waals surface area contributed by atoms with Crippen LogP contribution in [0, 0.1) is 0 Å². The molecule has 0 atom stereocenters. The van der Waals surface area contributed by atoms with E-state index < -0.39 is 0 Å². The summed E-state index contributed by atoms with van der Waals surface area (Å²) in [5, 5.41) is 2.91. The van der Waals surface area contributed by atoms with E-state index in [1.807, 2.05) is 40.6 Å². The topological polar surface area (TPSA) is 55.3 Å². The molecular formula is C18H17N3O2S. The van der Waals surface area contributed by atoms with Crippen LogP contribution < -0.4 is 4.74 Å². The maximum Gasteiger partial charge on any atom is 0.253 e. The van der Waals surface area contributed by atoms with Crippen LogP contribution in [0.4, 0.5) is 0 Å². The average molecular weight is 339 g/mol. The third-order valence-corrected chi connectivity index (χ3v) is 5.02. The Balaban J connectivity index is 1.44. The van der Waals surface area contributed by atoms with Gasteiger partial charge in [-0.25, -0.2) is 9.97 Å². The Labute approximate surface area is 143 Å². The van der Waals surface area contributed by atoms with Crippen molar-refractivity contribution < 1.29 is 9.53 Å². The zero-order valence-corrected chi connectivity index (χ0v) is 14.0. The van der Waals surface area contributed by atoms with Crippen LogP contribution >= 0.6 is 11.3 Å². The number of carbonyl (C=O) groups is 1. The monoisotopic (exact) mass is 339 g/mol. The quantitative estimate of drug-likeness (QED) is 0.730. The van der Waals surface area contributed by atoms with Gasteiger partial charge in [-0.2, -0.15) is 0 Å². The van der Waals surface area contributed by atoms with Gasteiger partial charge in [-0.15, -0.1) is 11.3 Å². The van der Waals surface area contributed by atoms with Gasteiger partial charge in [0.2, 0.25) is 5.88 Å². The Morgan fingerprint density at radius 2 is 1.92 bits per heavy atom. The molecule has 4 rings (SSSR count). The van der Waals surface area contributed by atoms with Gasteiger partial charge in [0.05, 0.1) is 5.39 Å². The molecule has 5 nitrogen and oxygen atoms in total. The number of fused-ring (bicyclic) bond motifs is 1. The summed E-state index contributed by atoms with van der Waals surface area (Å²) in [4.78, 5) is 23.6. The number of thiophene rings is 1. The van der Waals surface area contributed by atoms with Crippen LogP contribution in [0.1, 0.15) is 28.8 Å². The van der Waals surface area contributed by atoms with Gasteiger partial charge in [-0.3, -0.25) is 4.79 Å². The normalized spacial score (nSPS) is 14.2.